The molecule has 0 aliphatic carbocycles. The number of ether oxygens (including phenoxy) is 2. The minimum absolute atomic E-state index is 0.178. The maximum atomic E-state index is 13.2. The molecule has 0 radical (unpaired) electrons. The van der Waals surface area contributed by atoms with E-state index in [1.54, 1.807) is 27.7 Å². The Morgan fingerprint density at radius 3 is 2.14 bits per heavy atom. The Kier molecular flexibility index (Phi) is 12.4. The predicted molar refractivity (Wildman–Crippen MR) is 138 cm³/mol. The number of benzene rings is 1. The summed E-state index contributed by atoms with van der Waals surface area (Å²) in [5.74, 6) is -1.83. The highest BCUT2D eigenvalue weighted by atomic mass is 16.6. The lowest BCUT2D eigenvalue weighted by molar-refractivity contribution is -0.129. The lowest BCUT2D eigenvalue weighted by atomic mass is 9.97. The third kappa shape index (κ3) is 11.6. The highest BCUT2D eigenvalue weighted by molar-refractivity contribution is 5.98. The zero-order chi connectivity index (χ0) is 28.2. The van der Waals surface area contributed by atoms with Crippen LogP contribution >= 0.6 is 0 Å². The van der Waals surface area contributed by atoms with E-state index in [1.807, 2.05) is 6.92 Å². The molecule has 1 aromatic carbocycles. The van der Waals surface area contributed by atoms with E-state index in [2.05, 4.69) is 26.0 Å². The van der Waals surface area contributed by atoms with E-state index in [0.29, 0.717) is 24.1 Å². The molecule has 12 heteroatoms. The van der Waals surface area contributed by atoms with Crippen LogP contribution in [-0.2, 0) is 19.1 Å². The lowest BCUT2D eigenvalue weighted by Crippen LogP contribution is -2.55. The average Bonchev–Trinajstić information content (AvgIpc) is 2.82. The fourth-order valence-electron chi connectivity index (χ4n) is 3.22. The fraction of sp³-hybridized carbons (Fsp3) is 0.560. The number of alkyl carbamates (subject to hydrolysis) is 1. The summed E-state index contributed by atoms with van der Waals surface area (Å²) < 4.78 is 9.95. The number of urea groups is 1. The number of hydrogen-bond acceptors (Lipinski definition) is 7. The van der Waals surface area contributed by atoms with Gasteiger partial charge in [0.25, 0.3) is 0 Å². The van der Waals surface area contributed by atoms with Crippen LogP contribution < -0.4 is 27.0 Å². The van der Waals surface area contributed by atoms with Crippen LogP contribution in [0.5, 0.6) is 0 Å². The van der Waals surface area contributed by atoms with Crippen LogP contribution in [0.1, 0.15) is 64.2 Å². The summed E-state index contributed by atoms with van der Waals surface area (Å²) in [4.78, 5) is 61.2. The molecule has 0 saturated heterocycles. The third-order valence-corrected chi connectivity index (χ3v) is 5.34. The predicted octanol–water partition coefficient (Wildman–Crippen LogP) is 2.28. The van der Waals surface area contributed by atoms with Crippen LogP contribution in [0.4, 0.5) is 15.3 Å². The Labute approximate surface area is 217 Å². The van der Waals surface area contributed by atoms with Crippen LogP contribution in [0.25, 0.3) is 0 Å². The number of amides is 5. The monoisotopic (exact) mass is 521 g/mol. The van der Waals surface area contributed by atoms with Gasteiger partial charge >= 0.3 is 18.1 Å². The number of anilines is 1. The van der Waals surface area contributed by atoms with E-state index < -0.39 is 47.6 Å². The van der Waals surface area contributed by atoms with E-state index in [-0.39, 0.29) is 18.9 Å². The second kappa shape index (κ2) is 14.7. The standard InChI is InChI=1S/C25H39N5O7/c1-7-15(2)19(30-24(35)37-25(3,4)5)21(32)29-18(9-8-14-27-23(26)34)20(31)28-17-12-10-16(11-13-17)22(33)36-6/h10-13,15,18-19H,7-9,14H2,1-6H3,(H,28,31)(H,29,32)(H,30,35)(H3,26,27,34)/t15?,18-,19-/m0/s1. The van der Waals surface area contributed by atoms with E-state index in [9.17, 15) is 24.0 Å². The second-order valence-corrected chi connectivity index (χ2v) is 9.56. The van der Waals surface area contributed by atoms with E-state index in [1.165, 1.54) is 31.4 Å². The molecule has 0 fully saturated rings. The first kappa shape index (κ1) is 31.2. The normalized spacial score (nSPS) is 13.4. The molecule has 37 heavy (non-hydrogen) atoms. The number of hydrogen-bond donors (Lipinski definition) is 5. The number of esters is 1. The largest absolute Gasteiger partial charge is 0.465 e. The molecule has 206 valence electrons. The molecule has 12 nitrogen and oxygen atoms in total. The van der Waals surface area contributed by atoms with Gasteiger partial charge in [-0.2, -0.15) is 0 Å². The van der Waals surface area contributed by atoms with Crippen molar-refractivity contribution < 1.29 is 33.4 Å². The van der Waals surface area contributed by atoms with Crippen molar-refractivity contribution in [3.05, 3.63) is 29.8 Å². The van der Waals surface area contributed by atoms with Crippen molar-refractivity contribution in [3.63, 3.8) is 0 Å². The molecule has 0 aliphatic rings. The maximum absolute atomic E-state index is 13.2. The number of carbonyl (C=O) groups is 5. The SMILES string of the molecule is CCC(C)[C@H](NC(=O)OC(C)(C)C)C(=O)N[C@@H](CCCNC(N)=O)C(=O)Nc1ccc(C(=O)OC)cc1. The van der Waals surface area contributed by atoms with E-state index in [0.717, 1.165) is 0 Å². The number of methoxy groups -OCH3 is 1. The van der Waals surface area contributed by atoms with Gasteiger partial charge in [-0.1, -0.05) is 20.3 Å². The zero-order valence-electron chi connectivity index (χ0n) is 22.3. The Morgan fingerprint density at radius 2 is 1.62 bits per heavy atom. The second-order valence-electron chi connectivity index (χ2n) is 9.56. The number of primary amides is 1. The highest BCUT2D eigenvalue weighted by Gasteiger charge is 2.31. The van der Waals surface area contributed by atoms with Gasteiger partial charge in [0, 0.05) is 12.2 Å². The van der Waals surface area contributed by atoms with Crippen molar-refractivity contribution in [1.82, 2.24) is 16.0 Å². The van der Waals surface area contributed by atoms with Gasteiger partial charge in [0.15, 0.2) is 0 Å². The molecule has 0 spiro atoms. The first-order chi connectivity index (χ1) is 17.3. The lowest BCUT2D eigenvalue weighted by Gasteiger charge is -2.28. The van der Waals surface area contributed by atoms with E-state index >= 15 is 0 Å². The number of nitrogens with one attached hydrogen (secondary N) is 4. The number of carbonyl (C=O) groups excluding carboxylic acids is 5. The summed E-state index contributed by atoms with van der Waals surface area (Å²) >= 11 is 0. The van der Waals surface area contributed by atoms with Gasteiger partial charge in [0.2, 0.25) is 11.8 Å². The first-order valence-electron chi connectivity index (χ1n) is 12.1. The van der Waals surface area contributed by atoms with Crippen molar-refractivity contribution in [2.24, 2.45) is 11.7 Å². The summed E-state index contributed by atoms with van der Waals surface area (Å²) in [5, 5.41) is 10.5. The van der Waals surface area contributed by atoms with Gasteiger partial charge in [0.1, 0.15) is 17.7 Å². The molecular formula is C25H39N5O7. The zero-order valence-corrected chi connectivity index (χ0v) is 22.3. The molecule has 0 heterocycles. The van der Waals surface area contributed by atoms with Crippen molar-refractivity contribution in [2.45, 2.75) is 71.6 Å². The summed E-state index contributed by atoms with van der Waals surface area (Å²) in [6, 6.07) is 3.42. The van der Waals surface area contributed by atoms with Crippen LogP contribution in [0.15, 0.2) is 24.3 Å². The topological polar surface area (TPSA) is 178 Å². The van der Waals surface area contributed by atoms with Gasteiger partial charge in [-0.15, -0.1) is 0 Å². The average molecular weight is 522 g/mol. The van der Waals surface area contributed by atoms with Crippen molar-refractivity contribution in [3.8, 4) is 0 Å². The molecule has 1 unspecified atom stereocenters. The van der Waals surface area contributed by atoms with Gasteiger partial charge in [0.05, 0.1) is 12.7 Å². The molecule has 1 aromatic rings. The molecular weight excluding hydrogens is 482 g/mol. The molecule has 6 N–H and O–H groups in total. The first-order valence-corrected chi connectivity index (χ1v) is 12.1. The minimum atomic E-state index is -0.991. The number of nitrogens with two attached hydrogens (primary N) is 1. The Bertz CT molecular complexity index is 944. The van der Waals surface area contributed by atoms with Crippen molar-refractivity contribution >= 4 is 35.6 Å². The van der Waals surface area contributed by atoms with Crippen LogP contribution in [0.2, 0.25) is 0 Å². The molecule has 0 bridgehead atoms. The summed E-state index contributed by atoms with van der Waals surface area (Å²) in [5.41, 5.74) is 5.05. The molecule has 0 saturated carbocycles. The number of rotatable bonds is 12. The Balaban J connectivity index is 3.02. The van der Waals surface area contributed by atoms with Gasteiger partial charge in [-0.05, 0) is 63.8 Å². The van der Waals surface area contributed by atoms with Crippen LogP contribution in [-0.4, -0.2) is 61.2 Å². The third-order valence-electron chi connectivity index (χ3n) is 5.34. The summed E-state index contributed by atoms with van der Waals surface area (Å²) in [6.07, 6.45) is 0.360. The Morgan fingerprint density at radius 1 is 1.00 bits per heavy atom. The van der Waals surface area contributed by atoms with Crippen LogP contribution in [0.3, 0.4) is 0 Å². The molecule has 0 aliphatic heterocycles. The van der Waals surface area contributed by atoms with Crippen LogP contribution in [0, 0.1) is 5.92 Å². The maximum Gasteiger partial charge on any atom is 0.408 e. The van der Waals surface area contributed by atoms with Crippen molar-refractivity contribution in [2.75, 3.05) is 19.0 Å². The molecule has 3 atom stereocenters. The molecule has 0 aromatic heterocycles. The van der Waals surface area contributed by atoms with Gasteiger partial charge < -0.3 is 36.5 Å². The Hall–Kier alpha value is -3.83. The quantitative estimate of drug-likeness (QED) is 0.207. The molecule has 1 rings (SSSR count). The van der Waals surface area contributed by atoms with Crippen molar-refractivity contribution in [1.29, 1.82) is 0 Å². The smallest absolute Gasteiger partial charge is 0.408 e. The summed E-state index contributed by atoms with van der Waals surface area (Å²) in [6.45, 7) is 9.01. The molecule has 5 amide bonds. The summed E-state index contributed by atoms with van der Waals surface area (Å²) in [7, 11) is 1.27. The fourth-order valence-corrected chi connectivity index (χ4v) is 3.22. The minimum Gasteiger partial charge on any atom is -0.465 e. The van der Waals surface area contributed by atoms with Gasteiger partial charge in [-0.3, -0.25) is 9.59 Å². The highest BCUT2D eigenvalue weighted by Crippen LogP contribution is 2.14. The van der Waals surface area contributed by atoms with Gasteiger partial charge in [-0.25, -0.2) is 14.4 Å². The van der Waals surface area contributed by atoms with E-state index in [4.69, 9.17) is 10.5 Å².